The van der Waals surface area contributed by atoms with Gasteiger partial charge in [0.05, 0.1) is 12.2 Å². The molecule has 2 rings (SSSR count). The summed E-state index contributed by atoms with van der Waals surface area (Å²) in [6.45, 7) is 4.94. The van der Waals surface area contributed by atoms with Crippen molar-refractivity contribution >= 4 is 5.91 Å². The molecule has 1 aliphatic heterocycles. The van der Waals surface area contributed by atoms with Crippen molar-refractivity contribution in [3.63, 3.8) is 0 Å². The summed E-state index contributed by atoms with van der Waals surface area (Å²) in [7, 11) is 3.57. The normalized spacial score (nSPS) is 20.9. The minimum absolute atomic E-state index is 0.124. The average Bonchev–Trinajstić information content (AvgIpc) is 2.74. The highest BCUT2D eigenvalue weighted by Gasteiger charge is 2.30. The van der Waals surface area contributed by atoms with Gasteiger partial charge in [0.2, 0.25) is 5.91 Å². The van der Waals surface area contributed by atoms with Gasteiger partial charge in [-0.2, -0.15) is 0 Å². The fraction of sp³-hybridized carbons (Fsp3) is 0.667. The molecule has 0 aromatic carbocycles. The first-order valence-electron chi connectivity index (χ1n) is 6.16. The molecular weight excluding hydrogens is 232 g/mol. The number of carbonyl (C=O) groups is 1. The van der Waals surface area contributed by atoms with Crippen molar-refractivity contribution in [3.05, 3.63) is 17.5 Å². The fourth-order valence-corrected chi connectivity index (χ4v) is 2.17. The molecule has 0 bridgehead atoms. The van der Waals surface area contributed by atoms with Crippen molar-refractivity contribution in [2.75, 3.05) is 33.7 Å². The van der Waals surface area contributed by atoms with Crippen LogP contribution in [-0.2, 0) is 11.3 Å². The standard InChI is InChI=1S/C12H20N4O2/c1-9-6-10(18-14-9)8-16-5-4-13-7-11(16)12(17)15(2)3/h6,11,13H,4-5,7-8H2,1-3H3. The third-order valence-corrected chi connectivity index (χ3v) is 3.12. The highest BCUT2D eigenvalue weighted by atomic mass is 16.5. The summed E-state index contributed by atoms with van der Waals surface area (Å²) in [5.41, 5.74) is 0.871. The average molecular weight is 252 g/mol. The lowest BCUT2D eigenvalue weighted by Crippen LogP contribution is -2.57. The van der Waals surface area contributed by atoms with E-state index in [0.29, 0.717) is 13.1 Å². The topological polar surface area (TPSA) is 61.6 Å². The van der Waals surface area contributed by atoms with Crippen LogP contribution in [0.2, 0.25) is 0 Å². The van der Waals surface area contributed by atoms with E-state index in [4.69, 9.17) is 4.52 Å². The first-order valence-corrected chi connectivity index (χ1v) is 6.16. The fourth-order valence-electron chi connectivity index (χ4n) is 2.17. The molecule has 0 radical (unpaired) electrons. The molecule has 1 amide bonds. The molecule has 1 aromatic rings. The van der Waals surface area contributed by atoms with Gasteiger partial charge < -0.3 is 14.7 Å². The van der Waals surface area contributed by atoms with Gasteiger partial charge in [-0.05, 0) is 6.92 Å². The summed E-state index contributed by atoms with van der Waals surface area (Å²) in [6.07, 6.45) is 0. The molecular formula is C12H20N4O2. The largest absolute Gasteiger partial charge is 0.360 e. The summed E-state index contributed by atoms with van der Waals surface area (Å²) >= 11 is 0. The second-order valence-electron chi connectivity index (χ2n) is 4.86. The van der Waals surface area contributed by atoms with Crippen molar-refractivity contribution < 1.29 is 9.32 Å². The number of aromatic nitrogens is 1. The molecule has 18 heavy (non-hydrogen) atoms. The smallest absolute Gasteiger partial charge is 0.240 e. The van der Waals surface area contributed by atoms with E-state index in [0.717, 1.165) is 24.5 Å². The predicted molar refractivity (Wildman–Crippen MR) is 67.0 cm³/mol. The lowest BCUT2D eigenvalue weighted by Gasteiger charge is -2.35. The number of amides is 1. The molecule has 1 unspecified atom stereocenters. The SMILES string of the molecule is Cc1cc(CN2CCNCC2C(=O)N(C)C)on1. The van der Waals surface area contributed by atoms with Crippen LogP contribution in [0.25, 0.3) is 0 Å². The number of piperazine rings is 1. The maximum Gasteiger partial charge on any atom is 0.240 e. The van der Waals surface area contributed by atoms with Crippen LogP contribution in [0.5, 0.6) is 0 Å². The second kappa shape index (κ2) is 5.49. The maximum atomic E-state index is 12.1. The van der Waals surface area contributed by atoms with Gasteiger partial charge in [-0.1, -0.05) is 5.16 Å². The maximum absolute atomic E-state index is 12.1. The van der Waals surface area contributed by atoms with Crippen molar-refractivity contribution in [1.29, 1.82) is 0 Å². The van der Waals surface area contributed by atoms with E-state index in [1.807, 2.05) is 13.0 Å². The Bertz CT molecular complexity index is 416. The van der Waals surface area contributed by atoms with Gasteiger partial charge in [-0.25, -0.2) is 0 Å². The molecule has 2 heterocycles. The first-order chi connectivity index (χ1) is 8.58. The van der Waals surface area contributed by atoms with Crippen molar-refractivity contribution in [2.24, 2.45) is 0 Å². The van der Waals surface area contributed by atoms with Crippen LogP contribution in [0.3, 0.4) is 0 Å². The Hall–Kier alpha value is -1.40. The van der Waals surface area contributed by atoms with Gasteiger partial charge in [0.1, 0.15) is 6.04 Å². The lowest BCUT2D eigenvalue weighted by molar-refractivity contribution is -0.135. The molecule has 6 heteroatoms. The van der Waals surface area contributed by atoms with E-state index in [2.05, 4.69) is 15.4 Å². The van der Waals surface area contributed by atoms with Crippen molar-refractivity contribution in [3.8, 4) is 0 Å². The van der Waals surface area contributed by atoms with E-state index in [1.54, 1.807) is 19.0 Å². The van der Waals surface area contributed by atoms with E-state index in [-0.39, 0.29) is 11.9 Å². The molecule has 6 nitrogen and oxygen atoms in total. The van der Waals surface area contributed by atoms with Gasteiger partial charge in [0.15, 0.2) is 5.76 Å². The number of nitrogens with zero attached hydrogens (tertiary/aromatic N) is 3. The van der Waals surface area contributed by atoms with E-state index >= 15 is 0 Å². The highest BCUT2D eigenvalue weighted by molar-refractivity contribution is 5.81. The summed E-state index contributed by atoms with van der Waals surface area (Å²) in [6, 6.07) is 1.79. The van der Waals surface area contributed by atoms with E-state index in [9.17, 15) is 4.79 Å². The van der Waals surface area contributed by atoms with Crippen LogP contribution in [-0.4, -0.2) is 60.6 Å². The van der Waals surface area contributed by atoms with E-state index < -0.39 is 0 Å². The van der Waals surface area contributed by atoms with Crippen LogP contribution in [0.1, 0.15) is 11.5 Å². The minimum Gasteiger partial charge on any atom is -0.360 e. The summed E-state index contributed by atoms with van der Waals surface area (Å²) in [5, 5.41) is 7.13. The highest BCUT2D eigenvalue weighted by Crippen LogP contribution is 2.12. The Labute approximate surface area is 107 Å². The molecule has 1 fully saturated rings. The first kappa shape index (κ1) is 13.0. The number of carbonyl (C=O) groups excluding carboxylic acids is 1. The Balaban J connectivity index is 2.06. The molecule has 0 saturated carbocycles. The lowest BCUT2D eigenvalue weighted by atomic mass is 10.1. The van der Waals surface area contributed by atoms with Gasteiger partial charge in [-0.3, -0.25) is 9.69 Å². The van der Waals surface area contributed by atoms with Crippen LogP contribution < -0.4 is 5.32 Å². The Kier molecular flexibility index (Phi) is 3.98. The molecule has 0 aliphatic carbocycles. The third-order valence-electron chi connectivity index (χ3n) is 3.12. The van der Waals surface area contributed by atoms with Crippen LogP contribution in [0.15, 0.2) is 10.6 Å². The van der Waals surface area contributed by atoms with Crippen molar-refractivity contribution in [2.45, 2.75) is 19.5 Å². The van der Waals surface area contributed by atoms with E-state index in [1.165, 1.54) is 0 Å². The molecule has 1 aromatic heterocycles. The molecule has 1 saturated heterocycles. The second-order valence-corrected chi connectivity index (χ2v) is 4.86. The summed E-state index contributed by atoms with van der Waals surface area (Å²) < 4.78 is 5.22. The van der Waals surface area contributed by atoms with Gasteiger partial charge in [0.25, 0.3) is 0 Å². The Morgan fingerprint density at radius 3 is 3.06 bits per heavy atom. The quantitative estimate of drug-likeness (QED) is 0.810. The zero-order valence-corrected chi connectivity index (χ0v) is 11.1. The van der Waals surface area contributed by atoms with Crippen LogP contribution in [0, 0.1) is 6.92 Å². The number of nitrogens with one attached hydrogen (secondary N) is 1. The third kappa shape index (κ3) is 2.88. The van der Waals surface area contributed by atoms with Crippen LogP contribution >= 0.6 is 0 Å². The number of rotatable bonds is 3. The monoisotopic (exact) mass is 252 g/mol. The number of hydrogen-bond donors (Lipinski definition) is 1. The number of aryl methyl sites for hydroxylation is 1. The number of hydrogen-bond acceptors (Lipinski definition) is 5. The molecule has 100 valence electrons. The Morgan fingerprint density at radius 1 is 1.67 bits per heavy atom. The number of likely N-dealkylation sites (N-methyl/N-ethyl adjacent to an activating group) is 1. The summed E-state index contributed by atoms with van der Waals surface area (Å²) in [4.78, 5) is 15.9. The zero-order chi connectivity index (χ0) is 13.1. The summed E-state index contributed by atoms with van der Waals surface area (Å²) in [5.74, 6) is 0.935. The molecule has 1 N–H and O–H groups in total. The van der Waals surface area contributed by atoms with Crippen molar-refractivity contribution in [1.82, 2.24) is 20.3 Å². The molecule has 0 spiro atoms. The Morgan fingerprint density at radius 2 is 2.44 bits per heavy atom. The minimum atomic E-state index is -0.126. The van der Waals surface area contributed by atoms with Gasteiger partial charge in [0, 0.05) is 39.8 Å². The molecule has 1 atom stereocenters. The predicted octanol–water partition coefficient (Wildman–Crippen LogP) is -0.155. The molecule has 1 aliphatic rings. The van der Waals surface area contributed by atoms with Gasteiger partial charge >= 0.3 is 0 Å². The van der Waals surface area contributed by atoms with Crippen LogP contribution in [0.4, 0.5) is 0 Å². The zero-order valence-electron chi connectivity index (χ0n) is 11.1. The van der Waals surface area contributed by atoms with Gasteiger partial charge in [-0.15, -0.1) is 0 Å².